The molecule has 188 valence electrons. The van der Waals surface area contributed by atoms with Crippen LogP contribution < -0.4 is 16.0 Å². The predicted octanol–water partition coefficient (Wildman–Crippen LogP) is 2.81. The van der Waals surface area contributed by atoms with Gasteiger partial charge in [0, 0.05) is 45.2 Å². The fourth-order valence-electron chi connectivity index (χ4n) is 4.31. The Morgan fingerprint density at radius 2 is 1.65 bits per heavy atom. The fraction of sp³-hybridized carbons (Fsp3) is 0.609. The van der Waals surface area contributed by atoms with Crippen molar-refractivity contribution in [1.29, 1.82) is 0 Å². The molecule has 3 rings (SSSR count). The molecule has 8 nitrogen and oxygen atoms in total. The van der Waals surface area contributed by atoms with Crippen LogP contribution in [0.2, 0.25) is 0 Å². The highest BCUT2D eigenvalue weighted by Crippen LogP contribution is 2.34. The van der Waals surface area contributed by atoms with Crippen LogP contribution in [0.3, 0.4) is 0 Å². The third kappa shape index (κ3) is 7.89. The summed E-state index contributed by atoms with van der Waals surface area (Å²) < 4.78 is 39.3. The average Bonchev–Trinajstić information content (AvgIpc) is 2.79. The maximum absolute atomic E-state index is 13.1. The number of nitrogens with zero attached hydrogens (tertiary/aromatic N) is 2. The zero-order valence-corrected chi connectivity index (χ0v) is 19.1. The van der Waals surface area contributed by atoms with Gasteiger partial charge in [-0.25, -0.2) is 4.79 Å². The van der Waals surface area contributed by atoms with Gasteiger partial charge in [-0.1, -0.05) is 31.4 Å². The SMILES string of the molecule is O=C(CN1CCN(C(=O)CCNC(=O)NC2CCCCC2)CC1)Nc1ccccc1C(F)(F)F. The second-order valence-corrected chi connectivity index (χ2v) is 8.73. The first-order valence-electron chi connectivity index (χ1n) is 11.7. The molecular formula is C23H32F3N5O3. The first-order chi connectivity index (χ1) is 16.2. The van der Waals surface area contributed by atoms with Crippen LogP contribution in [0.1, 0.15) is 44.1 Å². The number of alkyl halides is 3. The van der Waals surface area contributed by atoms with Crippen molar-refractivity contribution >= 4 is 23.5 Å². The summed E-state index contributed by atoms with van der Waals surface area (Å²) in [5.41, 5.74) is -1.16. The van der Waals surface area contributed by atoms with Crippen LogP contribution in [0.4, 0.5) is 23.7 Å². The highest BCUT2D eigenvalue weighted by molar-refractivity contribution is 5.93. The quantitative estimate of drug-likeness (QED) is 0.556. The van der Waals surface area contributed by atoms with E-state index >= 15 is 0 Å². The van der Waals surface area contributed by atoms with Gasteiger partial charge in [-0.15, -0.1) is 0 Å². The van der Waals surface area contributed by atoms with Crippen LogP contribution in [0.25, 0.3) is 0 Å². The summed E-state index contributed by atoms with van der Waals surface area (Å²) in [6.07, 6.45) is 1.06. The number of carbonyl (C=O) groups excluding carboxylic acids is 3. The number of nitrogens with one attached hydrogen (secondary N) is 3. The molecule has 1 aliphatic heterocycles. The van der Waals surface area contributed by atoms with Gasteiger partial charge in [-0.3, -0.25) is 14.5 Å². The highest BCUT2D eigenvalue weighted by Gasteiger charge is 2.33. The summed E-state index contributed by atoms with van der Waals surface area (Å²) >= 11 is 0. The lowest BCUT2D eigenvalue weighted by atomic mass is 9.96. The van der Waals surface area contributed by atoms with Gasteiger partial charge in [0.1, 0.15) is 0 Å². The lowest BCUT2D eigenvalue weighted by molar-refractivity contribution is -0.137. The topological polar surface area (TPSA) is 93.8 Å². The minimum atomic E-state index is -4.55. The van der Waals surface area contributed by atoms with Gasteiger partial charge in [0.2, 0.25) is 11.8 Å². The van der Waals surface area contributed by atoms with Crippen molar-refractivity contribution in [2.45, 2.75) is 50.7 Å². The molecule has 0 bridgehead atoms. The molecule has 1 heterocycles. The molecule has 2 aliphatic rings. The zero-order chi connectivity index (χ0) is 24.6. The second kappa shape index (κ2) is 12.0. The molecule has 0 spiro atoms. The van der Waals surface area contributed by atoms with Gasteiger partial charge in [-0.05, 0) is 25.0 Å². The largest absolute Gasteiger partial charge is 0.418 e. The molecule has 1 aromatic carbocycles. The molecule has 0 atom stereocenters. The number of carbonyl (C=O) groups is 3. The van der Waals surface area contributed by atoms with Crippen molar-refractivity contribution in [3.8, 4) is 0 Å². The molecule has 0 unspecified atom stereocenters. The summed E-state index contributed by atoms with van der Waals surface area (Å²) in [4.78, 5) is 40.1. The minimum Gasteiger partial charge on any atom is -0.340 e. The number of rotatable bonds is 7. The van der Waals surface area contributed by atoms with Gasteiger partial charge in [-0.2, -0.15) is 13.2 Å². The monoisotopic (exact) mass is 483 g/mol. The van der Waals surface area contributed by atoms with Crippen molar-refractivity contribution in [3.63, 3.8) is 0 Å². The van der Waals surface area contributed by atoms with Crippen LogP contribution in [0.15, 0.2) is 24.3 Å². The number of urea groups is 1. The Kier molecular flexibility index (Phi) is 9.14. The molecule has 0 radical (unpaired) electrons. The van der Waals surface area contributed by atoms with Crippen molar-refractivity contribution in [2.24, 2.45) is 0 Å². The second-order valence-electron chi connectivity index (χ2n) is 8.73. The van der Waals surface area contributed by atoms with Crippen LogP contribution in [0, 0.1) is 0 Å². The normalized spacial score (nSPS) is 17.8. The Morgan fingerprint density at radius 1 is 0.971 bits per heavy atom. The molecule has 1 saturated carbocycles. The van der Waals surface area contributed by atoms with Crippen LogP contribution in [-0.4, -0.2) is 73.0 Å². The Bertz CT molecular complexity index is 850. The molecule has 1 saturated heterocycles. The van der Waals surface area contributed by atoms with E-state index in [2.05, 4.69) is 16.0 Å². The van der Waals surface area contributed by atoms with Crippen molar-refractivity contribution in [2.75, 3.05) is 44.6 Å². The molecule has 4 amide bonds. The van der Waals surface area contributed by atoms with Crippen molar-refractivity contribution in [1.82, 2.24) is 20.4 Å². The first kappa shape index (κ1) is 25.8. The zero-order valence-electron chi connectivity index (χ0n) is 19.1. The Balaban J connectivity index is 1.34. The molecular weight excluding hydrogens is 451 g/mol. The van der Waals surface area contributed by atoms with Gasteiger partial charge >= 0.3 is 12.2 Å². The maximum Gasteiger partial charge on any atom is 0.418 e. The number of anilines is 1. The molecule has 34 heavy (non-hydrogen) atoms. The number of amides is 4. The first-order valence-corrected chi connectivity index (χ1v) is 11.7. The van der Waals surface area contributed by atoms with E-state index in [4.69, 9.17) is 0 Å². The van der Waals surface area contributed by atoms with Crippen LogP contribution in [0.5, 0.6) is 0 Å². The summed E-state index contributed by atoms with van der Waals surface area (Å²) in [6, 6.07) is 4.81. The standard InChI is InChI=1S/C23H32F3N5O3/c24-23(25,26)18-8-4-5-9-19(18)29-20(32)16-30-12-14-31(15-13-30)21(33)10-11-27-22(34)28-17-6-2-1-3-7-17/h4-5,8-9,17H,1-3,6-7,10-16H2,(H,29,32)(H2,27,28,34). The van der Waals surface area contributed by atoms with Crippen molar-refractivity contribution in [3.05, 3.63) is 29.8 Å². The Morgan fingerprint density at radius 3 is 2.32 bits per heavy atom. The van der Waals surface area contributed by atoms with E-state index in [0.29, 0.717) is 26.2 Å². The predicted molar refractivity (Wildman–Crippen MR) is 121 cm³/mol. The van der Waals surface area contributed by atoms with Gasteiger partial charge in [0.25, 0.3) is 0 Å². The molecule has 0 aromatic heterocycles. The number of halogens is 3. The van der Waals surface area contributed by atoms with Crippen LogP contribution >= 0.6 is 0 Å². The summed E-state index contributed by atoms with van der Waals surface area (Å²) in [7, 11) is 0. The summed E-state index contributed by atoms with van der Waals surface area (Å²) in [6.45, 7) is 1.90. The smallest absolute Gasteiger partial charge is 0.340 e. The molecule has 11 heteroatoms. The lowest BCUT2D eigenvalue weighted by Gasteiger charge is -2.34. The molecule has 2 fully saturated rings. The lowest BCUT2D eigenvalue weighted by Crippen LogP contribution is -2.51. The molecule has 1 aromatic rings. The Labute approximate surface area is 197 Å². The average molecular weight is 484 g/mol. The number of hydrogen-bond acceptors (Lipinski definition) is 4. The minimum absolute atomic E-state index is 0.0584. The van der Waals surface area contributed by atoms with E-state index in [1.165, 1.54) is 24.6 Å². The molecule has 3 N–H and O–H groups in total. The summed E-state index contributed by atoms with van der Waals surface area (Å²) in [5, 5.41) is 8.01. The van der Waals surface area contributed by atoms with E-state index in [-0.39, 0.29) is 43.2 Å². The van der Waals surface area contributed by atoms with Crippen molar-refractivity contribution < 1.29 is 27.6 Å². The van der Waals surface area contributed by atoms with Gasteiger partial charge in [0.15, 0.2) is 0 Å². The van der Waals surface area contributed by atoms with E-state index in [1.807, 2.05) is 0 Å². The number of benzene rings is 1. The third-order valence-electron chi connectivity index (χ3n) is 6.16. The Hall–Kier alpha value is -2.82. The highest BCUT2D eigenvalue weighted by atomic mass is 19.4. The number of para-hydroxylation sites is 1. The molecule has 1 aliphatic carbocycles. The number of hydrogen-bond donors (Lipinski definition) is 3. The van der Waals surface area contributed by atoms with E-state index in [1.54, 1.807) is 9.80 Å². The van der Waals surface area contributed by atoms with Gasteiger partial charge < -0.3 is 20.9 Å². The van der Waals surface area contributed by atoms with E-state index < -0.39 is 17.6 Å². The summed E-state index contributed by atoms with van der Waals surface area (Å²) in [5.74, 6) is -0.620. The maximum atomic E-state index is 13.1. The fourth-order valence-corrected chi connectivity index (χ4v) is 4.31. The third-order valence-corrected chi connectivity index (χ3v) is 6.16. The number of piperazine rings is 1. The van der Waals surface area contributed by atoms with Gasteiger partial charge in [0.05, 0.1) is 17.8 Å². The van der Waals surface area contributed by atoms with Crippen LogP contribution in [-0.2, 0) is 15.8 Å². The van der Waals surface area contributed by atoms with E-state index in [9.17, 15) is 27.6 Å². The van der Waals surface area contributed by atoms with E-state index in [0.717, 1.165) is 31.7 Å².